The molecule has 2 amide bonds. The van der Waals surface area contributed by atoms with Crippen LogP contribution in [0, 0.1) is 0 Å². The van der Waals surface area contributed by atoms with Crippen LogP contribution >= 0.6 is 0 Å². The number of imide groups is 1. The smallest absolute Gasteiger partial charge is 0.277 e. The molecule has 1 aliphatic rings. The lowest BCUT2D eigenvalue weighted by molar-refractivity contribution is 0.0878. The van der Waals surface area contributed by atoms with E-state index in [9.17, 15) is 9.59 Å². The van der Waals surface area contributed by atoms with Gasteiger partial charge in [0.05, 0.1) is 31.0 Å². The molecule has 0 saturated heterocycles. The van der Waals surface area contributed by atoms with Crippen LogP contribution in [0.4, 0.5) is 0 Å². The minimum atomic E-state index is -0.492. The van der Waals surface area contributed by atoms with E-state index in [1.807, 2.05) is 42.5 Å². The molecule has 0 saturated carbocycles. The monoisotopic (exact) mass is 373 g/mol. The molecule has 5 rings (SSSR count). The van der Waals surface area contributed by atoms with Crippen LogP contribution in [0.2, 0.25) is 0 Å². The Morgan fingerprint density at radius 2 is 1.57 bits per heavy atom. The van der Waals surface area contributed by atoms with Crippen LogP contribution < -0.4 is 14.8 Å². The van der Waals surface area contributed by atoms with Gasteiger partial charge in [0.25, 0.3) is 11.8 Å². The lowest BCUT2D eigenvalue weighted by atomic mass is 10.0. The maximum Gasteiger partial charge on any atom is 0.277 e. The number of hydrogen-bond donors (Lipinski definition) is 2. The molecule has 2 N–H and O–H groups in total. The van der Waals surface area contributed by atoms with Crippen LogP contribution in [0.15, 0.2) is 42.5 Å². The van der Waals surface area contributed by atoms with Gasteiger partial charge in [-0.2, -0.15) is 0 Å². The molecule has 0 unspecified atom stereocenters. The van der Waals surface area contributed by atoms with Gasteiger partial charge in [-0.25, -0.2) is 4.98 Å². The number of carbonyl (C=O) groups excluding carboxylic acids is 2. The van der Waals surface area contributed by atoms with Crippen LogP contribution in [0.3, 0.4) is 0 Å². The summed E-state index contributed by atoms with van der Waals surface area (Å²) in [6, 6.07) is 13.0. The van der Waals surface area contributed by atoms with Gasteiger partial charge in [-0.3, -0.25) is 14.9 Å². The highest BCUT2D eigenvalue weighted by atomic mass is 16.5. The molecule has 7 nitrogen and oxygen atoms in total. The molecule has 1 aliphatic heterocycles. The lowest BCUT2D eigenvalue weighted by Gasteiger charge is -2.07. The number of aromatic amines is 1. The normalized spacial score (nSPS) is 13.1. The molecule has 0 bridgehead atoms. The summed E-state index contributed by atoms with van der Waals surface area (Å²) in [4.78, 5) is 32.7. The van der Waals surface area contributed by atoms with Gasteiger partial charge >= 0.3 is 0 Å². The fraction of sp³-hybridized carbons (Fsp3) is 0.0952. The minimum Gasteiger partial charge on any atom is -0.497 e. The highest BCUT2D eigenvalue weighted by Gasteiger charge is 2.33. The highest BCUT2D eigenvalue weighted by molar-refractivity contribution is 6.30. The zero-order valence-corrected chi connectivity index (χ0v) is 15.1. The topological polar surface area (TPSA) is 93.3 Å². The van der Waals surface area contributed by atoms with E-state index in [4.69, 9.17) is 9.47 Å². The SMILES string of the molecule is COc1ccc(-c2nc3c(c4c2[nH]c2ccc(OC)cc24)C(=O)NC3=O)cc1. The van der Waals surface area contributed by atoms with Crippen molar-refractivity contribution in [3.05, 3.63) is 53.7 Å². The molecular formula is C21H15N3O4. The number of amides is 2. The van der Waals surface area contributed by atoms with Gasteiger partial charge in [0, 0.05) is 21.9 Å². The Morgan fingerprint density at radius 3 is 2.29 bits per heavy atom. The number of rotatable bonds is 3. The third-order valence-electron chi connectivity index (χ3n) is 4.99. The third-order valence-corrected chi connectivity index (χ3v) is 4.99. The molecule has 3 heterocycles. The Kier molecular flexibility index (Phi) is 3.39. The maximum absolute atomic E-state index is 12.5. The summed E-state index contributed by atoms with van der Waals surface area (Å²) in [6.07, 6.45) is 0. The van der Waals surface area contributed by atoms with Gasteiger partial charge in [-0.1, -0.05) is 0 Å². The number of aromatic nitrogens is 2. The number of H-pyrrole nitrogens is 1. The van der Waals surface area contributed by atoms with E-state index in [1.54, 1.807) is 14.2 Å². The van der Waals surface area contributed by atoms with Crippen LogP contribution in [0.1, 0.15) is 20.8 Å². The molecule has 0 spiro atoms. The molecule has 0 fully saturated rings. The van der Waals surface area contributed by atoms with E-state index in [1.165, 1.54) is 0 Å². The largest absolute Gasteiger partial charge is 0.497 e. The molecule has 2 aromatic heterocycles. The first kappa shape index (κ1) is 16.3. The predicted octanol–water partition coefficient (Wildman–Crippen LogP) is 3.28. The molecule has 4 aromatic rings. The van der Waals surface area contributed by atoms with Crippen LogP contribution in [0.25, 0.3) is 33.1 Å². The van der Waals surface area contributed by atoms with E-state index in [0.29, 0.717) is 22.3 Å². The Labute approximate surface area is 159 Å². The summed E-state index contributed by atoms with van der Waals surface area (Å²) in [7, 11) is 3.18. The van der Waals surface area contributed by atoms with Crippen molar-refractivity contribution >= 4 is 33.6 Å². The molecular weight excluding hydrogens is 358 g/mol. The maximum atomic E-state index is 12.5. The van der Waals surface area contributed by atoms with Crippen molar-refractivity contribution in [3.8, 4) is 22.8 Å². The fourth-order valence-corrected chi connectivity index (χ4v) is 3.65. The van der Waals surface area contributed by atoms with Crippen molar-refractivity contribution in [2.24, 2.45) is 0 Å². The Morgan fingerprint density at radius 1 is 0.857 bits per heavy atom. The van der Waals surface area contributed by atoms with E-state index in [0.717, 1.165) is 22.2 Å². The second-order valence-corrected chi connectivity index (χ2v) is 6.48. The number of ether oxygens (including phenoxy) is 2. The number of benzene rings is 2. The summed E-state index contributed by atoms with van der Waals surface area (Å²) >= 11 is 0. The van der Waals surface area contributed by atoms with Gasteiger partial charge in [-0.05, 0) is 42.5 Å². The van der Waals surface area contributed by atoms with Crippen molar-refractivity contribution in [1.29, 1.82) is 0 Å². The quantitative estimate of drug-likeness (QED) is 0.538. The Balaban J connectivity index is 1.91. The first-order valence-corrected chi connectivity index (χ1v) is 8.64. The van der Waals surface area contributed by atoms with Crippen LogP contribution in [0.5, 0.6) is 11.5 Å². The zero-order valence-electron chi connectivity index (χ0n) is 15.1. The highest BCUT2D eigenvalue weighted by Crippen LogP contribution is 2.38. The number of fused-ring (bicyclic) bond motifs is 5. The summed E-state index contributed by atoms with van der Waals surface area (Å²) in [5.41, 5.74) is 3.34. The van der Waals surface area contributed by atoms with E-state index in [-0.39, 0.29) is 11.3 Å². The van der Waals surface area contributed by atoms with Crippen molar-refractivity contribution in [1.82, 2.24) is 15.3 Å². The van der Waals surface area contributed by atoms with Gasteiger partial charge in [-0.15, -0.1) is 0 Å². The third kappa shape index (κ3) is 2.19. The number of nitrogens with zero attached hydrogens (tertiary/aromatic N) is 1. The van der Waals surface area contributed by atoms with Gasteiger partial charge in [0.15, 0.2) is 0 Å². The van der Waals surface area contributed by atoms with Crippen molar-refractivity contribution in [3.63, 3.8) is 0 Å². The molecule has 0 radical (unpaired) electrons. The van der Waals surface area contributed by atoms with Gasteiger partial charge in [0.2, 0.25) is 0 Å². The number of nitrogens with one attached hydrogen (secondary N) is 2. The summed E-state index contributed by atoms with van der Waals surface area (Å²) < 4.78 is 10.6. The molecule has 0 aliphatic carbocycles. The number of carbonyl (C=O) groups is 2. The van der Waals surface area contributed by atoms with Crippen LogP contribution in [-0.4, -0.2) is 36.0 Å². The average Bonchev–Trinajstić information content (AvgIpc) is 3.23. The number of hydrogen-bond acceptors (Lipinski definition) is 5. The Bertz CT molecular complexity index is 1290. The first-order valence-electron chi connectivity index (χ1n) is 8.64. The second-order valence-electron chi connectivity index (χ2n) is 6.48. The van der Waals surface area contributed by atoms with E-state index in [2.05, 4.69) is 15.3 Å². The van der Waals surface area contributed by atoms with Crippen molar-refractivity contribution in [2.75, 3.05) is 14.2 Å². The average molecular weight is 373 g/mol. The zero-order chi connectivity index (χ0) is 19.4. The molecule has 7 heteroatoms. The Hall–Kier alpha value is -3.87. The molecule has 2 aromatic carbocycles. The predicted molar refractivity (Wildman–Crippen MR) is 104 cm³/mol. The van der Waals surface area contributed by atoms with Crippen molar-refractivity contribution < 1.29 is 19.1 Å². The lowest BCUT2D eigenvalue weighted by Crippen LogP contribution is -2.20. The summed E-state index contributed by atoms with van der Waals surface area (Å²) in [5.74, 6) is 0.446. The number of methoxy groups -OCH3 is 2. The summed E-state index contributed by atoms with van der Waals surface area (Å²) in [6.45, 7) is 0. The molecule has 0 atom stereocenters. The van der Waals surface area contributed by atoms with Gasteiger partial charge in [0.1, 0.15) is 17.2 Å². The number of pyridine rings is 1. The standard InChI is InChI=1S/C21H15N3O4/c1-27-11-5-3-10(4-6-11)17-18-15(16-19(23-17)21(26)24-20(16)25)13-9-12(28-2)7-8-14(13)22-18/h3-9,22H,1-2H3,(H,24,25,26). The first-order chi connectivity index (χ1) is 13.6. The fourth-order valence-electron chi connectivity index (χ4n) is 3.65. The molecule has 138 valence electrons. The van der Waals surface area contributed by atoms with Gasteiger partial charge < -0.3 is 14.5 Å². The van der Waals surface area contributed by atoms with E-state index < -0.39 is 11.8 Å². The molecule has 28 heavy (non-hydrogen) atoms. The second kappa shape index (κ2) is 5.82. The van der Waals surface area contributed by atoms with E-state index >= 15 is 0 Å². The summed E-state index contributed by atoms with van der Waals surface area (Å²) in [5, 5.41) is 3.81. The minimum absolute atomic E-state index is 0.132. The van der Waals surface area contributed by atoms with Crippen LogP contribution in [-0.2, 0) is 0 Å². The van der Waals surface area contributed by atoms with Crippen molar-refractivity contribution in [2.45, 2.75) is 0 Å².